The van der Waals surface area contributed by atoms with E-state index in [-0.39, 0.29) is 6.10 Å². The third-order valence-corrected chi connectivity index (χ3v) is 3.76. The molecule has 19 heavy (non-hydrogen) atoms. The highest BCUT2D eigenvalue weighted by Gasteiger charge is 2.19. The van der Waals surface area contributed by atoms with Gasteiger partial charge >= 0.3 is 0 Å². The molecule has 6 nitrogen and oxygen atoms in total. The van der Waals surface area contributed by atoms with Gasteiger partial charge in [0, 0.05) is 39.2 Å². The number of ether oxygens (including phenoxy) is 1. The second-order valence-electron chi connectivity index (χ2n) is 5.32. The Labute approximate surface area is 113 Å². The van der Waals surface area contributed by atoms with Crippen LogP contribution in [0.3, 0.4) is 0 Å². The maximum Gasteiger partial charge on any atom is 0.240 e. The third kappa shape index (κ3) is 3.75. The van der Waals surface area contributed by atoms with Crippen molar-refractivity contribution in [3.8, 4) is 0 Å². The molecule has 1 aromatic rings. The first-order chi connectivity index (χ1) is 9.40. The summed E-state index contributed by atoms with van der Waals surface area (Å²) in [5.41, 5.74) is 0. The summed E-state index contributed by atoms with van der Waals surface area (Å²) < 4.78 is 11.0. The molecule has 0 bridgehead atoms. The lowest BCUT2D eigenvalue weighted by Crippen LogP contribution is -2.42. The Morgan fingerprint density at radius 2 is 2.16 bits per heavy atom. The molecule has 6 heteroatoms. The van der Waals surface area contributed by atoms with Crippen molar-refractivity contribution in [1.29, 1.82) is 0 Å². The van der Waals surface area contributed by atoms with Crippen LogP contribution in [0.25, 0.3) is 0 Å². The van der Waals surface area contributed by atoms with Gasteiger partial charge in [0.05, 0.1) is 12.6 Å². The first-order valence-corrected chi connectivity index (χ1v) is 7.26. The van der Waals surface area contributed by atoms with E-state index in [4.69, 9.17) is 9.26 Å². The van der Waals surface area contributed by atoms with Gasteiger partial charge in [0.2, 0.25) is 5.89 Å². The van der Waals surface area contributed by atoms with E-state index in [2.05, 4.69) is 20.4 Å². The molecule has 1 unspecified atom stereocenters. The van der Waals surface area contributed by atoms with Gasteiger partial charge in [-0.2, -0.15) is 4.98 Å². The fourth-order valence-corrected chi connectivity index (χ4v) is 2.67. The van der Waals surface area contributed by atoms with Crippen LogP contribution >= 0.6 is 0 Å². The number of hydrogen-bond acceptors (Lipinski definition) is 6. The van der Waals surface area contributed by atoms with Crippen LogP contribution in [0.5, 0.6) is 0 Å². The fraction of sp³-hybridized carbons (Fsp3) is 0.846. The van der Waals surface area contributed by atoms with Crippen LogP contribution in [0.2, 0.25) is 0 Å². The van der Waals surface area contributed by atoms with Crippen molar-refractivity contribution in [2.24, 2.45) is 0 Å². The summed E-state index contributed by atoms with van der Waals surface area (Å²) >= 11 is 0. The second-order valence-corrected chi connectivity index (χ2v) is 5.32. The molecule has 3 heterocycles. The van der Waals surface area contributed by atoms with Crippen LogP contribution in [0.15, 0.2) is 4.52 Å². The van der Waals surface area contributed by atoms with E-state index in [1.54, 1.807) is 0 Å². The molecule has 0 aromatic carbocycles. The molecule has 0 spiro atoms. The monoisotopic (exact) mass is 266 g/mol. The molecular formula is C13H22N4O2. The summed E-state index contributed by atoms with van der Waals surface area (Å²) in [6.45, 7) is 5.80. The Balaban J connectivity index is 1.50. The maximum atomic E-state index is 5.70. The van der Waals surface area contributed by atoms with E-state index >= 15 is 0 Å². The molecule has 1 atom stereocenters. The molecule has 2 saturated heterocycles. The minimum Gasteiger partial charge on any atom is -0.378 e. The summed E-state index contributed by atoms with van der Waals surface area (Å²) in [5, 5.41) is 7.40. The molecule has 106 valence electrons. The van der Waals surface area contributed by atoms with Gasteiger partial charge in [-0.3, -0.25) is 4.90 Å². The van der Waals surface area contributed by atoms with E-state index in [1.165, 1.54) is 12.8 Å². The highest BCUT2D eigenvalue weighted by atomic mass is 16.5. The van der Waals surface area contributed by atoms with Crippen molar-refractivity contribution in [2.75, 3.05) is 32.8 Å². The molecule has 3 rings (SSSR count). The highest BCUT2D eigenvalue weighted by Crippen LogP contribution is 2.16. The van der Waals surface area contributed by atoms with E-state index in [0.717, 1.165) is 63.9 Å². The Hall–Kier alpha value is -0.980. The molecule has 1 N–H and O–H groups in total. The molecule has 2 aliphatic heterocycles. The standard InChI is InChI=1S/C13H22N4O2/c1-2-8-18-11(3-1)9-12-15-13(19-16-12)10-17-6-4-14-5-7-17/h11,14H,1-10H2. The van der Waals surface area contributed by atoms with E-state index in [1.807, 2.05) is 0 Å². The van der Waals surface area contributed by atoms with E-state index in [9.17, 15) is 0 Å². The van der Waals surface area contributed by atoms with Crippen LogP contribution in [0.1, 0.15) is 31.0 Å². The molecule has 2 fully saturated rings. The fourth-order valence-electron chi connectivity index (χ4n) is 2.67. The van der Waals surface area contributed by atoms with Crippen molar-refractivity contribution in [3.05, 3.63) is 11.7 Å². The van der Waals surface area contributed by atoms with Crippen molar-refractivity contribution in [2.45, 2.75) is 38.3 Å². The maximum absolute atomic E-state index is 5.70. The zero-order valence-corrected chi connectivity index (χ0v) is 11.3. The Morgan fingerprint density at radius 3 is 2.95 bits per heavy atom. The minimum absolute atomic E-state index is 0.276. The quantitative estimate of drug-likeness (QED) is 0.860. The van der Waals surface area contributed by atoms with Gasteiger partial charge in [-0.25, -0.2) is 0 Å². The summed E-state index contributed by atoms with van der Waals surface area (Å²) in [7, 11) is 0. The molecule has 0 amide bonds. The van der Waals surface area contributed by atoms with Crippen molar-refractivity contribution < 1.29 is 9.26 Å². The average molecular weight is 266 g/mol. The molecule has 1 aromatic heterocycles. The lowest BCUT2D eigenvalue weighted by Gasteiger charge is -2.25. The number of nitrogens with one attached hydrogen (secondary N) is 1. The van der Waals surface area contributed by atoms with E-state index < -0.39 is 0 Å². The summed E-state index contributed by atoms with van der Waals surface area (Å²) in [4.78, 5) is 6.82. The molecule has 0 saturated carbocycles. The Kier molecular flexibility index (Phi) is 4.42. The van der Waals surface area contributed by atoms with Crippen LogP contribution < -0.4 is 5.32 Å². The van der Waals surface area contributed by atoms with Gasteiger partial charge in [0.1, 0.15) is 0 Å². The average Bonchev–Trinajstić information content (AvgIpc) is 2.88. The largest absolute Gasteiger partial charge is 0.378 e. The van der Waals surface area contributed by atoms with Crippen LogP contribution in [0, 0.1) is 0 Å². The van der Waals surface area contributed by atoms with E-state index in [0.29, 0.717) is 0 Å². The molecule has 2 aliphatic rings. The minimum atomic E-state index is 0.276. The predicted molar refractivity (Wildman–Crippen MR) is 69.7 cm³/mol. The van der Waals surface area contributed by atoms with Crippen LogP contribution in [-0.2, 0) is 17.7 Å². The first kappa shape index (κ1) is 13.0. The normalized spacial score (nSPS) is 25.6. The van der Waals surface area contributed by atoms with Crippen molar-refractivity contribution >= 4 is 0 Å². The first-order valence-electron chi connectivity index (χ1n) is 7.26. The van der Waals surface area contributed by atoms with Crippen molar-refractivity contribution in [1.82, 2.24) is 20.4 Å². The number of hydrogen-bond donors (Lipinski definition) is 1. The number of rotatable bonds is 4. The summed E-state index contributed by atoms with van der Waals surface area (Å²) in [5.74, 6) is 1.52. The predicted octanol–water partition coefficient (Wildman–Crippen LogP) is 0.586. The zero-order chi connectivity index (χ0) is 12.9. The number of piperazine rings is 1. The summed E-state index contributed by atoms with van der Waals surface area (Å²) in [6.07, 6.45) is 4.60. The lowest BCUT2D eigenvalue weighted by molar-refractivity contribution is 0.0153. The third-order valence-electron chi connectivity index (χ3n) is 3.76. The second kappa shape index (κ2) is 6.45. The van der Waals surface area contributed by atoms with Gasteiger partial charge in [-0.15, -0.1) is 0 Å². The SMILES string of the molecule is C1CCC(Cc2noc(CN3CCNCC3)n2)OC1. The molecule has 0 aliphatic carbocycles. The molecular weight excluding hydrogens is 244 g/mol. The van der Waals surface area contributed by atoms with Crippen molar-refractivity contribution in [3.63, 3.8) is 0 Å². The number of aromatic nitrogens is 2. The topological polar surface area (TPSA) is 63.4 Å². The zero-order valence-electron chi connectivity index (χ0n) is 11.3. The van der Waals surface area contributed by atoms with Gasteiger partial charge < -0.3 is 14.6 Å². The molecule has 0 radical (unpaired) electrons. The highest BCUT2D eigenvalue weighted by molar-refractivity contribution is 4.90. The van der Waals surface area contributed by atoms with Gasteiger partial charge in [-0.05, 0) is 19.3 Å². The lowest BCUT2D eigenvalue weighted by atomic mass is 10.1. The van der Waals surface area contributed by atoms with Crippen LogP contribution in [0.4, 0.5) is 0 Å². The smallest absolute Gasteiger partial charge is 0.240 e. The van der Waals surface area contributed by atoms with Gasteiger partial charge in [0.15, 0.2) is 5.82 Å². The van der Waals surface area contributed by atoms with Gasteiger partial charge in [-0.1, -0.05) is 5.16 Å². The number of nitrogens with zero attached hydrogens (tertiary/aromatic N) is 3. The Morgan fingerprint density at radius 1 is 1.26 bits per heavy atom. The summed E-state index contributed by atoms with van der Waals surface area (Å²) in [6, 6.07) is 0. The Bertz CT molecular complexity index is 349. The van der Waals surface area contributed by atoms with Crippen LogP contribution in [-0.4, -0.2) is 53.9 Å². The van der Waals surface area contributed by atoms with Gasteiger partial charge in [0.25, 0.3) is 0 Å².